The number of esters is 1. The molecule has 8 heteroatoms. The first-order valence-electron chi connectivity index (χ1n) is 10.0. The number of fused-ring (bicyclic) bond motifs is 1. The average Bonchev–Trinajstić information content (AvgIpc) is 3.28. The second kappa shape index (κ2) is 8.20. The standard InChI is InChI=1S/C22H25N3O4S/c1-13-11-24(12-14(2)28-13)20(26)16(4)29-22(27)19-10-18-15(3)23-25(21(18)30-19)17-8-6-5-7-9-17/h5-10,13-14,16H,11-12H2,1-4H3/t13-,14+,16-/m0/s1. The van der Waals surface area contributed by atoms with Crippen molar-refractivity contribution in [3.8, 4) is 5.69 Å². The monoisotopic (exact) mass is 427 g/mol. The van der Waals surface area contributed by atoms with Gasteiger partial charge in [0, 0.05) is 18.5 Å². The summed E-state index contributed by atoms with van der Waals surface area (Å²) in [4.78, 5) is 28.6. The van der Waals surface area contributed by atoms with Crippen LogP contribution in [0, 0.1) is 6.92 Å². The lowest BCUT2D eigenvalue weighted by molar-refractivity contribution is -0.151. The molecule has 0 radical (unpaired) electrons. The van der Waals surface area contributed by atoms with Crippen LogP contribution in [0.5, 0.6) is 0 Å². The molecule has 1 saturated heterocycles. The second-order valence-corrected chi connectivity index (χ2v) is 8.74. The number of rotatable bonds is 4. The van der Waals surface area contributed by atoms with E-state index < -0.39 is 12.1 Å². The first kappa shape index (κ1) is 20.6. The first-order chi connectivity index (χ1) is 14.3. The Kier molecular flexibility index (Phi) is 5.62. The number of benzene rings is 1. The summed E-state index contributed by atoms with van der Waals surface area (Å²) >= 11 is 1.32. The van der Waals surface area contributed by atoms with E-state index in [9.17, 15) is 9.59 Å². The fourth-order valence-corrected chi connectivity index (χ4v) is 4.84. The molecule has 1 aromatic carbocycles. The molecule has 158 valence electrons. The van der Waals surface area contributed by atoms with Crippen molar-refractivity contribution in [1.82, 2.24) is 14.7 Å². The number of hydrogen-bond donors (Lipinski definition) is 0. The fraction of sp³-hybridized carbons (Fsp3) is 0.409. The van der Waals surface area contributed by atoms with Crippen LogP contribution in [0.4, 0.5) is 0 Å². The van der Waals surface area contributed by atoms with Gasteiger partial charge in [0.25, 0.3) is 5.91 Å². The van der Waals surface area contributed by atoms with E-state index in [4.69, 9.17) is 9.47 Å². The minimum Gasteiger partial charge on any atom is -0.448 e. The fourth-order valence-electron chi connectivity index (χ4n) is 3.78. The predicted molar refractivity (Wildman–Crippen MR) is 115 cm³/mol. The number of ether oxygens (including phenoxy) is 2. The molecular weight excluding hydrogens is 402 g/mol. The van der Waals surface area contributed by atoms with Gasteiger partial charge in [-0.25, -0.2) is 9.48 Å². The van der Waals surface area contributed by atoms with Gasteiger partial charge >= 0.3 is 5.97 Å². The van der Waals surface area contributed by atoms with Gasteiger partial charge in [0.1, 0.15) is 9.71 Å². The minimum atomic E-state index is -0.855. The molecule has 1 fully saturated rings. The van der Waals surface area contributed by atoms with Gasteiger partial charge in [-0.3, -0.25) is 4.79 Å². The third-order valence-corrected chi connectivity index (χ3v) is 6.20. The predicted octanol–water partition coefficient (Wildman–Crippen LogP) is 3.58. The molecule has 0 aliphatic carbocycles. The van der Waals surface area contributed by atoms with Gasteiger partial charge in [-0.2, -0.15) is 5.10 Å². The highest BCUT2D eigenvalue weighted by molar-refractivity contribution is 7.20. The number of aromatic nitrogens is 2. The molecule has 0 bridgehead atoms. The van der Waals surface area contributed by atoms with Gasteiger partial charge in [-0.05, 0) is 45.9 Å². The molecule has 1 amide bonds. The zero-order chi connectivity index (χ0) is 21.4. The van der Waals surface area contributed by atoms with E-state index in [1.807, 2.05) is 55.8 Å². The zero-order valence-corrected chi connectivity index (χ0v) is 18.3. The normalized spacial score (nSPS) is 20.3. The Morgan fingerprint density at radius 1 is 1.20 bits per heavy atom. The maximum absolute atomic E-state index is 12.8. The van der Waals surface area contributed by atoms with E-state index in [0.717, 1.165) is 21.6 Å². The largest absolute Gasteiger partial charge is 0.448 e. The molecule has 3 aromatic rings. The molecule has 0 N–H and O–H groups in total. The van der Waals surface area contributed by atoms with Crippen LogP contribution in [0.15, 0.2) is 36.4 Å². The molecule has 1 aliphatic rings. The molecule has 0 saturated carbocycles. The lowest BCUT2D eigenvalue weighted by Gasteiger charge is -2.36. The van der Waals surface area contributed by atoms with Crippen molar-refractivity contribution in [2.75, 3.05) is 13.1 Å². The molecule has 0 spiro atoms. The van der Waals surface area contributed by atoms with Crippen LogP contribution in [-0.4, -0.2) is 58.0 Å². The number of carbonyl (C=O) groups is 2. The van der Waals surface area contributed by atoms with Gasteiger partial charge in [-0.15, -0.1) is 11.3 Å². The molecule has 2 aromatic heterocycles. The van der Waals surface area contributed by atoms with Crippen molar-refractivity contribution in [1.29, 1.82) is 0 Å². The molecule has 3 atom stereocenters. The summed E-state index contributed by atoms with van der Waals surface area (Å²) in [6.07, 6.45) is -0.925. The number of carbonyl (C=O) groups excluding carboxylic acids is 2. The van der Waals surface area contributed by atoms with Crippen molar-refractivity contribution in [2.45, 2.75) is 46.0 Å². The van der Waals surface area contributed by atoms with E-state index in [-0.39, 0.29) is 18.1 Å². The van der Waals surface area contributed by atoms with Gasteiger partial charge in [0.05, 0.1) is 23.6 Å². The van der Waals surface area contributed by atoms with Crippen molar-refractivity contribution in [3.05, 3.63) is 47.0 Å². The van der Waals surface area contributed by atoms with Crippen molar-refractivity contribution < 1.29 is 19.1 Å². The third-order valence-electron chi connectivity index (χ3n) is 5.11. The van der Waals surface area contributed by atoms with Crippen LogP contribution in [0.25, 0.3) is 15.9 Å². The second-order valence-electron chi connectivity index (χ2n) is 7.71. The number of para-hydroxylation sites is 1. The average molecular weight is 428 g/mol. The molecule has 1 aliphatic heterocycles. The topological polar surface area (TPSA) is 73.7 Å². The Bertz CT molecular complexity index is 1060. The summed E-state index contributed by atoms with van der Waals surface area (Å²) in [5.41, 5.74) is 1.76. The number of thiophene rings is 1. The van der Waals surface area contributed by atoms with E-state index in [1.54, 1.807) is 17.9 Å². The molecule has 0 unspecified atom stereocenters. The smallest absolute Gasteiger partial charge is 0.349 e. The summed E-state index contributed by atoms with van der Waals surface area (Å²) in [5.74, 6) is -0.691. The number of hydrogen-bond acceptors (Lipinski definition) is 6. The van der Waals surface area contributed by atoms with Crippen LogP contribution in [0.2, 0.25) is 0 Å². The zero-order valence-electron chi connectivity index (χ0n) is 17.5. The number of morpholine rings is 1. The first-order valence-corrected chi connectivity index (χ1v) is 10.8. The summed E-state index contributed by atoms with van der Waals surface area (Å²) in [6.45, 7) is 8.40. The molecular formula is C22H25N3O4S. The SMILES string of the molecule is Cc1nn(-c2ccccc2)c2sc(C(=O)O[C@@H](C)C(=O)N3C[C@@H](C)O[C@@H](C)C3)cc12. The highest BCUT2D eigenvalue weighted by atomic mass is 32.1. The number of amides is 1. The number of aryl methyl sites for hydroxylation is 1. The Hall–Kier alpha value is -2.71. The van der Waals surface area contributed by atoms with Crippen LogP contribution in [-0.2, 0) is 14.3 Å². The maximum Gasteiger partial charge on any atom is 0.349 e. The van der Waals surface area contributed by atoms with E-state index >= 15 is 0 Å². The Morgan fingerprint density at radius 3 is 2.53 bits per heavy atom. The minimum absolute atomic E-state index is 0.0351. The Balaban J connectivity index is 1.51. The van der Waals surface area contributed by atoms with Crippen LogP contribution in [0.3, 0.4) is 0 Å². The molecule has 7 nitrogen and oxygen atoms in total. The van der Waals surface area contributed by atoms with E-state index in [1.165, 1.54) is 11.3 Å². The Labute approximate surface area is 179 Å². The van der Waals surface area contributed by atoms with Crippen LogP contribution >= 0.6 is 11.3 Å². The quantitative estimate of drug-likeness (QED) is 0.595. The van der Waals surface area contributed by atoms with Gasteiger partial charge in [-0.1, -0.05) is 18.2 Å². The van der Waals surface area contributed by atoms with Gasteiger partial charge in [0.2, 0.25) is 0 Å². The van der Waals surface area contributed by atoms with E-state index in [2.05, 4.69) is 5.10 Å². The maximum atomic E-state index is 12.8. The molecule has 30 heavy (non-hydrogen) atoms. The van der Waals surface area contributed by atoms with Gasteiger partial charge < -0.3 is 14.4 Å². The third kappa shape index (κ3) is 3.97. The van der Waals surface area contributed by atoms with Crippen molar-refractivity contribution in [3.63, 3.8) is 0 Å². The number of nitrogens with zero attached hydrogens (tertiary/aromatic N) is 3. The highest BCUT2D eigenvalue weighted by Crippen LogP contribution is 2.31. The molecule has 4 rings (SSSR count). The van der Waals surface area contributed by atoms with Gasteiger partial charge in [0.15, 0.2) is 6.10 Å². The Morgan fingerprint density at radius 2 is 1.87 bits per heavy atom. The van der Waals surface area contributed by atoms with Crippen LogP contribution in [0.1, 0.15) is 36.1 Å². The van der Waals surface area contributed by atoms with Crippen molar-refractivity contribution in [2.24, 2.45) is 0 Å². The highest BCUT2D eigenvalue weighted by Gasteiger charge is 2.31. The molecule has 3 heterocycles. The summed E-state index contributed by atoms with van der Waals surface area (Å²) < 4.78 is 13.0. The lowest BCUT2D eigenvalue weighted by atomic mass is 10.2. The lowest BCUT2D eigenvalue weighted by Crippen LogP contribution is -2.51. The van der Waals surface area contributed by atoms with Crippen molar-refractivity contribution >= 4 is 33.4 Å². The summed E-state index contributed by atoms with van der Waals surface area (Å²) in [5, 5.41) is 5.50. The van der Waals surface area contributed by atoms with E-state index in [0.29, 0.717) is 18.0 Å². The summed E-state index contributed by atoms with van der Waals surface area (Å²) in [6, 6.07) is 11.6. The van der Waals surface area contributed by atoms with Crippen LogP contribution < -0.4 is 0 Å². The summed E-state index contributed by atoms with van der Waals surface area (Å²) in [7, 11) is 0.